The zero-order chi connectivity index (χ0) is 8.77. The Morgan fingerprint density at radius 3 is 2.75 bits per heavy atom. The SMILES string of the molecule is CCN1CC2CN(C)CC2(N)C1. The van der Waals surface area contributed by atoms with E-state index in [1.807, 2.05) is 0 Å². The number of hydrogen-bond donors (Lipinski definition) is 1. The summed E-state index contributed by atoms with van der Waals surface area (Å²) in [5, 5.41) is 0. The Bertz CT molecular complexity index is 183. The first-order valence-electron chi connectivity index (χ1n) is 4.84. The van der Waals surface area contributed by atoms with Crippen LogP contribution in [-0.4, -0.2) is 55.1 Å². The Balaban J connectivity index is 2.07. The van der Waals surface area contributed by atoms with Crippen molar-refractivity contribution < 1.29 is 0 Å². The van der Waals surface area contributed by atoms with Crippen molar-refractivity contribution in [3.05, 3.63) is 0 Å². The van der Waals surface area contributed by atoms with E-state index >= 15 is 0 Å². The van der Waals surface area contributed by atoms with Crippen molar-refractivity contribution in [2.75, 3.05) is 39.8 Å². The summed E-state index contributed by atoms with van der Waals surface area (Å²) in [6.07, 6.45) is 0. The van der Waals surface area contributed by atoms with Gasteiger partial charge in [-0.1, -0.05) is 6.92 Å². The molecule has 0 amide bonds. The molecule has 0 spiro atoms. The molecule has 12 heavy (non-hydrogen) atoms. The van der Waals surface area contributed by atoms with Crippen molar-refractivity contribution in [2.24, 2.45) is 11.7 Å². The molecule has 2 N–H and O–H groups in total. The van der Waals surface area contributed by atoms with Crippen LogP contribution in [0.5, 0.6) is 0 Å². The summed E-state index contributed by atoms with van der Waals surface area (Å²) < 4.78 is 0. The van der Waals surface area contributed by atoms with E-state index in [9.17, 15) is 0 Å². The molecule has 0 aliphatic carbocycles. The molecule has 3 heteroatoms. The van der Waals surface area contributed by atoms with Gasteiger partial charge >= 0.3 is 0 Å². The molecule has 2 heterocycles. The lowest BCUT2D eigenvalue weighted by Crippen LogP contribution is -2.48. The maximum atomic E-state index is 6.34. The van der Waals surface area contributed by atoms with Crippen LogP contribution in [0.2, 0.25) is 0 Å². The fourth-order valence-electron chi connectivity index (χ4n) is 2.71. The number of likely N-dealkylation sites (tertiary alicyclic amines) is 2. The van der Waals surface area contributed by atoms with E-state index < -0.39 is 0 Å². The minimum atomic E-state index is 0.102. The van der Waals surface area contributed by atoms with Crippen LogP contribution in [-0.2, 0) is 0 Å². The van der Waals surface area contributed by atoms with E-state index in [0.717, 1.165) is 19.6 Å². The summed E-state index contributed by atoms with van der Waals surface area (Å²) in [5.41, 5.74) is 6.44. The molecule has 0 saturated carbocycles. The molecule has 0 bridgehead atoms. The van der Waals surface area contributed by atoms with Crippen LogP contribution < -0.4 is 5.73 Å². The third-order valence-corrected chi connectivity index (χ3v) is 3.35. The molecule has 3 nitrogen and oxygen atoms in total. The number of likely N-dealkylation sites (N-methyl/N-ethyl adjacent to an activating group) is 2. The number of rotatable bonds is 1. The zero-order valence-corrected chi connectivity index (χ0v) is 8.08. The summed E-state index contributed by atoms with van der Waals surface area (Å²) >= 11 is 0. The first kappa shape index (κ1) is 8.48. The molecule has 2 aliphatic rings. The standard InChI is InChI=1S/C9H19N3/c1-3-12-5-8-4-11(2)6-9(8,10)7-12/h8H,3-7,10H2,1-2H3. The van der Waals surface area contributed by atoms with Gasteiger partial charge in [-0.2, -0.15) is 0 Å². The Morgan fingerprint density at radius 1 is 1.42 bits per heavy atom. The highest BCUT2D eigenvalue weighted by atomic mass is 15.3. The lowest BCUT2D eigenvalue weighted by Gasteiger charge is -2.23. The smallest absolute Gasteiger partial charge is 0.0465 e. The molecule has 70 valence electrons. The number of nitrogens with zero attached hydrogens (tertiary/aromatic N) is 2. The zero-order valence-electron chi connectivity index (χ0n) is 8.08. The van der Waals surface area contributed by atoms with Gasteiger partial charge in [0.2, 0.25) is 0 Å². The van der Waals surface area contributed by atoms with Gasteiger partial charge in [0.15, 0.2) is 0 Å². The van der Waals surface area contributed by atoms with E-state index in [2.05, 4.69) is 23.8 Å². The van der Waals surface area contributed by atoms with Crippen LogP contribution in [0.4, 0.5) is 0 Å². The highest BCUT2D eigenvalue weighted by Crippen LogP contribution is 2.31. The van der Waals surface area contributed by atoms with Gasteiger partial charge in [-0.05, 0) is 13.6 Å². The van der Waals surface area contributed by atoms with Gasteiger partial charge in [-0.15, -0.1) is 0 Å². The minimum absolute atomic E-state index is 0.102. The second kappa shape index (κ2) is 2.69. The van der Waals surface area contributed by atoms with Gasteiger partial charge in [-0.25, -0.2) is 0 Å². The molecule has 0 aromatic rings. The van der Waals surface area contributed by atoms with Crippen molar-refractivity contribution in [3.63, 3.8) is 0 Å². The maximum absolute atomic E-state index is 6.34. The lowest BCUT2D eigenvalue weighted by atomic mass is 9.92. The maximum Gasteiger partial charge on any atom is 0.0465 e. The van der Waals surface area contributed by atoms with E-state index in [1.165, 1.54) is 13.1 Å². The van der Waals surface area contributed by atoms with E-state index in [0.29, 0.717) is 5.92 Å². The highest BCUT2D eigenvalue weighted by molar-refractivity contribution is 5.07. The molecular formula is C9H19N3. The predicted octanol–water partition coefficient (Wildman–Crippen LogP) is -0.419. The Kier molecular flexibility index (Phi) is 1.90. The topological polar surface area (TPSA) is 32.5 Å². The summed E-state index contributed by atoms with van der Waals surface area (Å²) in [6.45, 7) is 7.93. The predicted molar refractivity (Wildman–Crippen MR) is 50.0 cm³/mol. The molecule has 0 aromatic carbocycles. The van der Waals surface area contributed by atoms with Crippen molar-refractivity contribution in [1.82, 2.24) is 9.80 Å². The monoisotopic (exact) mass is 169 g/mol. The molecule has 2 aliphatic heterocycles. The van der Waals surface area contributed by atoms with Gasteiger partial charge in [0.05, 0.1) is 0 Å². The average molecular weight is 169 g/mol. The van der Waals surface area contributed by atoms with Gasteiger partial charge < -0.3 is 15.5 Å². The fourth-order valence-corrected chi connectivity index (χ4v) is 2.71. The molecule has 2 saturated heterocycles. The summed E-state index contributed by atoms with van der Waals surface area (Å²) in [6, 6.07) is 0. The van der Waals surface area contributed by atoms with Crippen LogP contribution in [0.1, 0.15) is 6.92 Å². The average Bonchev–Trinajstić information content (AvgIpc) is 2.38. The minimum Gasteiger partial charge on any atom is -0.323 e. The van der Waals surface area contributed by atoms with Gasteiger partial charge in [0.1, 0.15) is 0 Å². The number of nitrogens with two attached hydrogens (primary N) is 1. The molecule has 0 aromatic heterocycles. The first-order valence-corrected chi connectivity index (χ1v) is 4.84. The van der Waals surface area contributed by atoms with Crippen LogP contribution in [0.25, 0.3) is 0 Å². The van der Waals surface area contributed by atoms with Crippen molar-refractivity contribution in [1.29, 1.82) is 0 Å². The van der Waals surface area contributed by atoms with Crippen molar-refractivity contribution in [3.8, 4) is 0 Å². The largest absolute Gasteiger partial charge is 0.323 e. The van der Waals surface area contributed by atoms with Gasteiger partial charge in [-0.3, -0.25) is 0 Å². The molecule has 2 atom stereocenters. The Morgan fingerprint density at radius 2 is 2.17 bits per heavy atom. The van der Waals surface area contributed by atoms with Crippen LogP contribution in [0.3, 0.4) is 0 Å². The molecule has 2 rings (SSSR count). The third-order valence-electron chi connectivity index (χ3n) is 3.35. The second-order valence-electron chi connectivity index (χ2n) is 4.45. The van der Waals surface area contributed by atoms with Crippen molar-refractivity contribution in [2.45, 2.75) is 12.5 Å². The second-order valence-corrected chi connectivity index (χ2v) is 4.45. The van der Waals surface area contributed by atoms with Gasteiger partial charge in [0, 0.05) is 37.6 Å². The van der Waals surface area contributed by atoms with E-state index in [-0.39, 0.29) is 5.54 Å². The molecule has 0 radical (unpaired) electrons. The van der Waals surface area contributed by atoms with E-state index in [1.54, 1.807) is 0 Å². The van der Waals surface area contributed by atoms with E-state index in [4.69, 9.17) is 5.73 Å². The van der Waals surface area contributed by atoms with Crippen molar-refractivity contribution >= 4 is 0 Å². The van der Waals surface area contributed by atoms with Crippen LogP contribution >= 0.6 is 0 Å². The van der Waals surface area contributed by atoms with Gasteiger partial charge in [0.25, 0.3) is 0 Å². The molecular weight excluding hydrogens is 150 g/mol. The van der Waals surface area contributed by atoms with Crippen LogP contribution in [0, 0.1) is 5.92 Å². The summed E-state index contributed by atoms with van der Waals surface area (Å²) in [7, 11) is 2.17. The third kappa shape index (κ3) is 1.16. The Labute approximate surface area is 74.5 Å². The normalized spacial score (nSPS) is 43.8. The first-order chi connectivity index (χ1) is 5.64. The Hall–Kier alpha value is -0.120. The number of hydrogen-bond acceptors (Lipinski definition) is 3. The van der Waals surface area contributed by atoms with Crippen LogP contribution in [0.15, 0.2) is 0 Å². The fraction of sp³-hybridized carbons (Fsp3) is 1.00. The highest BCUT2D eigenvalue weighted by Gasteiger charge is 2.48. The molecule has 2 fully saturated rings. The lowest BCUT2D eigenvalue weighted by molar-refractivity contribution is 0.279. The summed E-state index contributed by atoms with van der Waals surface area (Å²) in [5.74, 6) is 0.711. The summed E-state index contributed by atoms with van der Waals surface area (Å²) in [4.78, 5) is 4.83. The molecule has 2 unspecified atom stereocenters. The number of fused-ring (bicyclic) bond motifs is 1. The quantitative estimate of drug-likeness (QED) is 0.579.